The van der Waals surface area contributed by atoms with E-state index in [2.05, 4.69) is 23.2 Å². The summed E-state index contributed by atoms with van der Waals surface area (Å²) in [6, 6.07) is 10.1. The Labute approximate surface area is 114 Å². The fraction of sp³-hybridized carbons (Fsp3) is 0.353. The van der Waals surface area contributed by atoms with Gasteiger partial charge in [-0.05, 0) is 37.5 Å². The highest BCUT2D eigenvalue weighted by Gasteiger charge is 2.07. The number of pyridine rings is 1. The van der Waals surface area contributed by atoms with E-state index in [9.17, 15) is 0 Å². The van der Waals surface area contributed by atoms with Gasteiger partial charge in [0.1, 0.15) is 11.3 Å². The van der Waals surface area contributed by atoms with Crippen LogP contribution in [0.25, 0.3) is 10.9 Å². The number of para-hydroxylation sites is 1. The molecule has 1 aliphatic carbocycles. The van der Waals surface area contributed by atoms with Crippen molar-refractivity contribution in [1.82, 2.24) is 4.98 Å². The number of nitrogens with zero attached hydrogens (tertiary/aromatic N) is 1. The predicted molar refractivity (Wildman–Crippen MR) is 78.2 cm³/mol. The number of hydrogen-bond acceptors (Lipinski definition) is 2. The largest absolute Gasteiger partial charge is 0.460 e. The van der Waals surface area contributed by atoms with E-state index in [-0.39, 0.29) is 0 Å². The van der Waals surface area contributed by atoms with Crippen molar-refractivity contribution in [2.24, 2.45) is 0 Å². The molecule has 0 saturated carbocycles. The van der Waals surface area contributed by atoms with Crippen LogP contribution in [0, 0.1) is 0 Å². The Morgan fingerprint density at radius 2 is 1.84 bits per heavy atom. The quantitative estimate of drug-likeness (QED) is 0.763. The number of benzene rings is 1. The van der Waals surface area contributed by atoms with Gasteiger partial charge in [-0.3, -0.25) is 4.98 Å². The average molecular weight is 253 g/mol. The molecule has 0 bridgehead atoms. The Kier molecular flexibility index (Phi) is 3.78. The summed E-state index contributed by atoms with van der Waals surface area (Å²) < 4.78 is 6.10. The van der Waals surface area contributed by atoms with Crippen molar-refractivity contribution in [1.29, 1.82) is 0 Å². The highest BCUT2D eigenvalue weighted by molar-refractivity contribution is 5.84. The van der Waals surface area contributed by atoms with Gasteiger partial charge in [-0.15, -0.1) is 0 Å². The summed E-state index contributed by atoms with van der Waals surface area (Å²) in [5, 5.41) is 1.13. The van der Waals surface area contributed by atoms with Gasteiger partial charge in [0.2, 0.25) is 0 Å². The van der Waals surface area contributed by atoms with Gasteiger partial charge in [-0.2, -0.15) is 0 Å². The van der Waals surface area contributed by atoms with Crippen LogP contribution in [0.5, 0.6) is 5.75 Å². The third-order valence-electron chi connectivity index (χ3n) is 3.59. The van der Waals surface area contributed by atoms with Gasteiger partial charge in [0.15, 0.2) is 5.75 Å². The van der Waals surface area contributed by atoms with Gasteiger partial charge >= 0.3 is 0 Å². The number of allylic oxidation sites excluding steroid dienone is 2. The van der Waals surface area contributed by atoms with Gasteiger partial charge in [0.05, 0.1) is 0 Å². The molecular formula is C17H19NO. The SMILES string of the molecule is C1=C(/Oc2cccc3cccnc23)CCCCCC/1. The van der Waals surface area contributed by atoms with Crippen LogP contribution in [0.4, 0.5) is 0 Å². The third-order valence-corrected chi connectivity index (χ3v) is 3.59. The van der Waals surface area contributed by atoms with Crippen LogP contribution in [0.3, 0.4) is 0 Å². The van der Waals surface area contributed by atoms with Crippen LogP contribution in [0.1, 0.15) is 38.5 Å². The fourth-order valence-electron chi connectivity index (χ4n) is 2.55. The lowest BCUT2D eigenvalue weighted by Gasteiger charge is -2.14. The Morgan fingerprint density at radius 1 is 0.947 bits per heavy atom. The van der Waals surface area contributed by atoms with Crippen molar-refractivity contribution in [3.05, 3.63) is 48.4 Å². The maximum absolute atomic E-state index is 6.10. The van der Waals surface area contributed by atoms with Crippen LogP contribution >= 0.6 is 0 Å². The highest BCUT2D eigenvalue weighted by Crippen LogP contribution is 2.27. The van der Waals surface area contributed by atoms with Crippen molar-refractivity contribution < 1.29 is 4.74 Å². The van der Waals surface area contributed by atoms with Gasteiger partial charge in [-0.1, -0.05) is 31.0 Å². The normalized spacial score (nSPS) is 19.3. The van der Waals surface area contributed by atoms with E-state index < -0.39 is 0 Å². The molecule has 0 saturated heterocycles. The fourth-order valence-corrected chi connectivity index (χ4v) is 2.55. The lowest BCUT2D eigenvalue weighted by molar-refractivity contribution is 0.390. The van der Waals surface area contributed by atoms with Crippen molar-refractivity contribution in [2.75, 3.05) is 0 Å². The molecule has 0 fully saturated rings. The maximum atomic E-state index is 6.10. The number of ether oxygens (including phenoxy) is 1. The van der Waals surface area contributed by atoms with Crippen LogP contribution in [-0.2, 0) is 0 Å². The van der Waals surface area contributed by atoms with Gasteiger partial charge < -0.3 is 4.74 Å². The zero-order chi connectivity index (χ0) is 12.9. The summed E-state index contributed by atoms with van der Waals surface area (Å²) in [7, 11) is 0. The van der Waals surface area contributed by atoms with Crippen LogP contribution in [0.2, 0.25) is 0 Å². The Morgan fingerprint density at radius 3 is 2.84 bits per heavy atom. The first-order valence-corrected chi connectivity index (χ1v) is 7.14. The number of aromatic nitrogens is 1. The highest BCUT2D eigenvalue weighted by atomic mass is 16.5. The molecule has 1 aromatic carbocycles. The van der Waals surface area contributed by atoms with Crippen LogP contribution in [0.15, 0.2) is 48.4 Å². The Hall–Kier alpha value is -1.83. The van der Waals surface area contributed by atoms with E-state index in [0.717, 1.165) is 35.3 Å². The minimum atomic E-state index is 0.880. The molecule has 0 radical (unpaired) electrons. The smallest absolute Gasteiger partial charge is 0.153 e. The molecule has 0 atom stereocenters. The average Bonchev–Trinajstić information content (AvgIpc) is 2.42. The first-order chi connectivity index (χ1) is 9.43. The van der Waals surface area contributed by atoms with Crippen molar-refractivity contribution in [3.8, 4) is 5.75 Å². The molecule has 0 aliphatic heterocycles. The Bertz CT molecular complexity index is 583. The van der Waals surface area contributed by atoms with Crippen molar-refractivity contribution >= 4 is 10.9 Å². The Balaban J connectivity index is 1.88. The molecule has 0 spiro atoms. The first-order valence-electron chi connectivity index (χ1n) is 7.14. The minimum Gasteiger partial charge on any atom is -0.460 e. The molecule has 0 unspecified atom stereocenters. The van der Waals surface area contributed by atoms with E-state index in [1.807, 2.05) is 24.4 Å². The molecule has 19 heavy (non-hydrogen) atoms. The molecule has 0 N–H and O–H groups in total. The minimum absolute atomic E-state index is 0.880. The topological polar surface area (TPSA) is 22.1 Å². The van der Waals surface area contributed by atoms with Crippen LogP contribution < -0.4 is 4.74 Å². The molecule has 1 heterocycles. The molecule has 2 aromatic rings. The summed E-state index contributed by atoms with van der Waals surface area (Å²) in [5.41, 5.74) is 0.952. The predicted octanol–water partition coefficient (Wildman–Crippen LogP) is 4.85. The molecule has 98 valence electrons. The molecule has 0 amide bonds. The number of hydrogen-bond donors (Lipinski definition) is 0. The number of fused-ring (bicyclic) bond motifs is 1. The monoisotopic (exact) mass is 253 g/mol. The second-order valence-corrected chi connectivity index (χ2v) is 5.06. The summed E-state index contributed by atoms with van der Waals surface area (Å²) in [6.07, 6.45) is 11.4. The van der Waals surface area contributed by atoms with Crippen LogP contribution in [-0.4, -0.2) is 4.98 Å². The van der Waals surface area contributed by atoms with Gasteiger partial charge in [-0.25, -0.2) is 0 Å². The van der Waals surface area contributed by atoms with Crippen molar-refractivity contribution in [3.63, 3.8) is 0 Å². The third kappa shape index (κ3) is 2.95. The second-order valence-electron chi connectivity index (χ2n) is 5.06. The van der Waals surface area contributed by atoms with E-state index in [1.54, 1.807) is 0 Å². The van der Waals surface area contributed by atoms with E-state index in [4.69, 9.17) is 4.74 Å². The summed E-state index contributed by atoms with van der Waals surface area (Å²) in [4.78, 5) is 4.44. The summed E-state index contributed by atoms with van der Waals surface area (Å²) in [5.74, 6) is 1.99. The lowest BCUT2D eigenvalue weighted by atomic mass is 10.1. The van der Waals surface area contributed by atoms with Gasteiger partial charge in [0, 0.05) is 18.0 Å². The zero-order valence-electron chi connectivity index (χ0n) is 11.1. The zero-order valence-corrected chi connectivity index (χ0v) is 11.1. The second kappa shape index (κ2) is 5.87. The van der Waals surface area contributed by atoms with Crippen molar-refractivity contribution in [2.45, 2.75) is 38.5 Å². The van der Waals surface area contributed by atoms with E-state index >= 15 is 0 Å². The standard InChI is InChI=1S/C17H19NO/c1-2-4-10-15(11-5-3-1)19-16-12-6-8-14-9-7-13-18-17(14)16/h6-10,12-13H,1-5,11H2/b15-10+. The lowest BCUT2D eigenvalue weighted by Crippen LogP contribution is -1.99. The number of rotatable bonds is 2. The summed E-state index contributed by atoms with van der Waals surface area (Å²) >= 11 is 0. The van der Waals surface area contributed by atoms with E-state index in [0.29, 0.717) is 0 Å². The maximum Gasteiger partial charge on any atom is 0.153 e. The molecule has 3 rings (SSSR count). The first kappa shape index (κ1) is 12.2. The van der Waals surface area contributed by atoms with E-state index in [1.165, 1.54) is 25.7 Å². The molecule has 2 heteroatoms. The molecule has 2 nitrogen and oxygen atoms in total. The van der Waals surface area contributed by atoms with Gasteiger partial charge in [0.25, 0.3) is 0 Å². The summed E-state index contributed by atoms with van der Waals surface area (Å²) in [6.45, 7) is 0. The molecular weight excluding hydrogens is 234 g/mol. The molecule has 1 aliphatic rings. The molecule has 1 aromatic heterocycles.